The summed E-state index contributed by atoms with van der Waals surface area (Å²) in [4.78, 5) is 19.0. The number of amides is 1. The van der Waals surface area contributed by atoms with Crippen molar-refractivity contribution in [2.45, 2.75) is 50.8 Å². The van der Waals surface area contributed by atoms with E-state index >= 15 is 0 Å². The lowest BCUT2D eigenvalue weighted by molar-refractivity contribution is -0.112. The van der Waals surface area contributed by atoms with E-state index in [1.807, 2.05) is 10.6 Å². The van der Waals surface area contributed by atoms with Gasteiger partial charge in [-0.05, 0) is 37.4 Å². The summed E-state index contributed by atoms with van der Waals surface area (Å²) in [7, 11) is 0. The average molecular weight is 323 g/mol. The Morgan fingerprint density at radius 3 is 2.86 bits per heavy atom. The number of aliphatic hydroxyl groups excluding tert-OH is 1. The van der Waals surface area contributed by atoms with Crippen LogP contribution in [0.1, 0.15) is 50.9 Å². The van der Waals surface area contributed by atoms with Crippen molar-refractivity contribution in [2.75, 3.05) is 0 Å². The number of hydrogen-bond donors (Lipinski definition) is 2. The van der Waals surface area contributed by atoms with Crippen molar-refractivity contribution in [1.82, 2.24) is 19.9 Å². The fraction of sp³-hybridized carbons (Fsp3) is 0.533. The molecular weight excluding hydrogens is 304 g/mol. The first-order chi connectivity index (χ1) is 10.5. The average Bonchev–Trinajstić information content (AvgIpc) is 2.87. The number of nitrogens with one attached hydrogen (secondary N) is 1. The summed E-state index contributed by atoms with van der Waals surface area (Å²) in [5.41, 5.74) is 1.16. The van der Waals surface area contributed by atoms with Gasteiger partial charge in [-0.3, -0.25) is 4.79 Å². The molecule has 1 fully saturated rings. The number of rotatable bonds is 4. The van der Waals surface area contributed by atoms with Crippen LogP contribution in [-0.4, -0.2) is 26.1 Å². The van der Waals surface area contributed by atoms with Crippen molar-refractivity contribution in [1.29, 1.82) is 0 Å². The Morgan fingerprint density at radius 2 is 2.18 bits per heavy atom. The summed E-state index contributed by atoms with van der Waals surface area (Å²) >= 11 is 5.96. The van der Waals surface area contributed by atoms with Crippen LogP contribution in [0.5, 0.6) is 0 Å². The van der Waals surface area contributed by atoms with Crippen LogP contribution >= 0.6 is 11.6 Å². The number of aliphatic hydroxyl groups is 1. The molecule has 2 aromatic heterocycles. The highest BCUT2D eigenvalue weighted by atomic mass is 35.5. The van der Waals surface area contributed by atoms with Gasteiger partial charge in [0.15, 0.2) is 6.23 Å². The Balaban J connectivity index is 2.21. The van der Waals surface area contributed by atoms with E-state index in [0.717, 1.165) is 31.1 Å². The normalized spacial score (nSPS) is 19.0. The van der Waals surface area contributed by atoms with E-state index in [2.05, 4.69) is 22.2 Å². The first-order valence-electron chi connectivity index (χ1n) is 7.47. The fourth-order valence-corrected chi connectivity index (χ4v) is 3.57. The zero-order chi connectivity index (χ0) is 15.7. The third-order valence-corrected chi connectivity index (χ3v) is 4.70. The van der Waals surface area contributed by atoms with Crippen molar-refractivity contribution in [3.05, 3.63) is 23.2 Å². The van der Waals surface area contributed by atoms with Gasteiger partial charge in [0.2, 0.25) is 11.7 Å². The molecule has 1 unspecified atom stereocenters. The van der Waals surface area contributed by atoms with Gasteiger partial charge >= 0.3 is 0 Å². The highest BCUT2D eigenvalue weighted by Gasteiger charge is 2.33. The smallest absolute Gasteiger partial charge is 0.224 e. The van der Waals surface area contributed by atoms with Gasteiger partial charge in [0, 0.05) is 17.1 Å². The van der Waals surface area contributed by atoms with E-state index in [1.165, 1.54) is 6.42 Å². The highest BCUT2D eigenvalue weighted by Crippen LogP contribution is 2.39. The van der Waals surface area contributed by atoms with E-state index in [4.69, 9.17) is 11.6 Å². The van der Waals surface area contributed by atoms with Gasteiger partial charge in [0.1, 0.15) is 5.65 Å². The van der Waals surface area contributed by atoms with Gasteiger partial charge in [0.05, 0.1) is 5.69 Å². The highest BCUT2D eigenvalue weighted by molar-refractivity contribution is 6.28. The summed E-state index contributed by atoms with van der Waals surface area (Å²) in [6, 6.07) is 1.81. The molecule has 0 aromatic carbocycles. The minimum absolute atomic E-state index is 0.154. The maximum absolute atomic E-state index is 10.7. The van der Waals surface area contributed by atoms with Gasteiger partial charge in [-0.15, -0.1) is 0 Å². The molecule has 0 bridgehead atoms. The Labute approximate surface area is 133 Å². The predicted octanol–water partition coefficient (Wildman–Crippen LogP) is 2.50. The number of carbonyl (C=O) groups excluding carboxylic acids is 1. The number of carbonyl (C=O) groups is 1. The molecule has 2 aromatic rings. The van der Waals surface area contributed by atoms with Crippen LogP contribution in [0.3, 0.4) is 0 Å². The van der Waals surface area contributed by atoms with Crippen LogP contribution in [-0.2, 0) is 10.3 Å². The fourth-order valence-electron chi connectivity index (χ4n) is 3.44. The maximum Gasteiger partial charge on any atom is 0.224 e. The van der Waals surface area contributed by atoms with Crippen molar-refractivity contribution in [3.63, 3.8) is 0 Å². The number of hydrogen-bond acceptors (Lipinski definition) is 4. The zero-order valence-corrected chi connectivity index (χ0v) is 13.2. The number of fused-ring (bicyclic) bond motifs is 1. The third-order valence-electron chi connectivity index (χ3n) is 4.52. The summed E-state index contributed by atoms with van der Waals surface area (Å²) in [5, 5.41) is 13.7. The molecule has 118 valence electrons. The maximum atomic E-state index is 10.7. The van der Waals surface area contributed by atoms with E-state index < -0.39 is 6.23 Å². The van der Waals surface area contributed by atoms with Crippen LogP contribution in [0.25, 0.3) is 11.0 Å². The Hall–Kier alpha value is -1.66. The largest absolute Gasteiger partial charge is 0.368 e. The summed E-state index contributed by atoms with van der Waals surface area (Å²) in [6.45, 7) is 2.17. The molecule has 7 heteroatoms. The summed E-state index contributed by atoms with van der Waals surface area (Å²) < 4.78 is 2.02. The lowest BCUT2D eigenvalue weighted by Crippen LogP contribution is -2.36. The lowest BCUT2D eigenvalue weighted by Gasteiger charge is -2.37. The van der Waals surface area contributed by atoms with E-state index in [-0.39, 0.29) is 10.8 Å². The molecule has 22 heavy (non-hydrogen) atoms. The molecule has 1 saturated carbocycles. The van der Waals surface area contributed by atoms with Gasteiger partial charge in [-0.1, -0.05) is 19.3 Å². The molecule has 1 aliphatic rings. The van der Waals surface area contributed by atoms with Gasteiger partial charge < -0.3 is 15.0 Å². The SMILES string of the molecule is CC1(n2c(C(O)NC=O)cc3cnc(Cl)nc32)CCCCC1. The molecule has 0 saturated heterocycles. The van der Waals surface area contributed by atoms with Crippen molar-refractivity contribution >= 4 is 29.0 Å². The number of halogens is 1. The molecule has 1 amide bonds. The van der Waals surface area contributed by atoms with Crippen LogP contribution in [0.4, 0.5) is 0 Å². The van der Waals surface area contributed by atoms with E-state index in [9.17, 15) is 9.90 Å². The quantitative estimate of drug-likeness (QED) is 0.515. The summed E-state index contributed by atoms with van der Waals surface area (Å²) in [5.74, 6) is 0. The van der Waals surface area contributed by atoms with E-state index in [0.29, 0.717) is 17.8 Å². The molecule has 0 spiro atoms. The molecule has 2 heterocycles. The van der Waals surface area contributed by atoms with Crippen LogP contribution in [0.2, 0.25) is 5.28 Å². The van der Waals surface area contributed by atoms with Crippen LogP contribution in [0.15, 0.2) is 12.3 Å². The Bertz CT molecular complexity index is 694. The third kappa shape index (κ3) is 2.57. The monoisotopic (exact) mass is 322 g/mol. The topological polar surface area (TPSA) is 80.0 Å². The Kier molecular flexibility index (Phi) is 4.06. The molecule has 3 rings (SSSR count). The minimum Gasteiger partial charge on any atom is -0.368 e. The van der Waals surface area contributed by atoms with Crippen LogP contribution in [0, 0.1) is 0 Å². The predicted molar refractivity (Wildman–Crippen MR) is 83.4 cm³/mol. The molecule has 1 atom stereocenters. The number of nitrogens with zero attached hydrogens (tertiary/aromatic N) is 3. The molecule has 1 aliphatic carbocycles. The zero-order valence-electron chi connectivity index (χ0n) is 12.4. The van der Waals surface area contributed by atoms with Crippen molar-refractivity contribution in [2.24, 2.45) is 0 Å². The molecule has 6 nitrogen and oxygen atoms in total. The van der Waals surface area contributed by atoms with Gasteiger partial charge in [-0.25, -0.2) is 4.98 Å². The second-order valence-electron chi connectivity index (χ2n) is 6.07. The number of aromatic nitrogens is 3. The first kappa shape index (κ1) is 15.2. The lowest BCUT2D eigenvalue weighted by atomic mass is 9.83. The van der Waals surface area contributed by atoms with Gasteiger partial charge in [-0.2, -0.15) is 4.98 Å². The van der Waals surface area contributed by atoms with Crippen LogP contribution < -0.4 is 5.32 Å². The van der Waals surface area contributed by atoms with Gasteiger partial charge in [0.25, 0.3) is 0 Å². The standard InChI is InChI=1S/C15H19ClN4O2/c1-15(5-3-2-4-6-15)20-11(13(22)18-9-21)7-10-8-17-14(16)19-12(10)20/h7-9,13,22H,2-6H2,1H3,(H,18,21). The Morgan fingerprint density at radius 1 is 1.45 bits per heavy atom. The minimum atomic E-state index is -1.08. The van der Waals surface area contributed by atoms with Crippen molar-refractivity contribution in [3.8, 4) is 0 Å². The van der Waals surface area contributed by atoms with Crippen molar-refractivity contribution < 1.29 is 9.90 Å². The second kappa shape index (κ2) is 5.85. The van der Waals surface area contributed by atoms with E-state index in [1.54, 1.807) is 6.20 Å². The molecule has 2 N–H and O–H groups in total. The first-order valence-corrected chi connectivity index (χ1v) is 7.85. The molecule has 0 aliphatic heterocycles. The second-order valence-corrected chi connectivity index (χ2v) is 6.41. The summed E-state index contributed by atoms with van der Waals surface area (Å²) in [6.07, 6.45) is 6.54. The molecular formula is C15H19ClN4O2. The molecule has 0 radical (unpaired) electrons.